The van der Waals surface area contributed by atoms with E-state index in [2.05, 4.69) is 6.58 Å². The van der Waals surface area contributed by atoms with Crippen molar-refractivity contribution in [2.75, 3.05) is 7.05 Å². The van der Waals surface area contributed by atoms with Crippen molar-refractivity contribution < 1.29 is 14.7 Å². The first-order valence-electron chi connectivity index (χ1n) is 8.09. The molecular weight excluding hydrogens is 304 g/mol. The first-order chi connectivity index (χ1) is 11.1. The first kappa shape index (κ1) is 18.2. The van der Waals surface area contributed by atoms with Crippen LogP contribution in [0.4, 0.5) is 0 Å². The lowest BCUT2D eigenvalue weighted by Crippen LogP contribution is -2.64. The van der Waals surface area contributed by atoms with Crippen molar-refractivity contribution in [1.82, 2.24) is 9.80 Å². The summed E-state index contributed by atoms with van der Waals surface area (Å²) in [6.45, 7) is 11.5. The third-order valence-corrected chi connectivity index (χ3v) is 4.39. The second-order valence-corrected chi connectivity index (χ2v) is 7.44. The molecule has 2 amide bonds. The molecule has 5 nitrogen and oxygen atoms in total. The molecule has 0 spiro atoms. The van der Waals surface area contributed by atoms with Crippen LogP contribution in [0.25, 0.3) is 0 Å². The number of nitrogens with zero attached hydrogens (tertiary/aromatic N) is 2. The van der Waals surface area contributed by atoms with Gasteiger partial charge in [-0.3, -0.25) is 14.5 Å². The molecule has 0 aliphatic carbocycles. The SMILES string of the molecule is C=C1[C@@H]([C@@H](C)O)C(=O)N(C)[C@H](C(C)(C)C)N1C(=O)c1ccccc1. The molecule has 1 aromatic rings. The minimum Gasteiger partial charge on any atom is -0.392 e. The highest BCUT2D eigenvalue weighted by atomic mass is 16.3. The van der Waals surface area contributed by atoms with Crippen molar-refractivity contribution in [2.45, 2.75) is 40.0 Å². The van der Waals surface area contributed by atoms with Crippen molar-refractivity contribution in [3.63, 3.8) is 0 Å². The van der Waals surface area contributed by atoms with Crippen LogP contribution in [-0.2, 0) is 4.79 Å². The highest BCUT2D eigenvalue weighted by Crippen LogP contribution is 2.38. The Morgan fingerprint density at radius 2 is 1.79 bits per heavy atom. The molecule has 3 atom stereocenters. The third kappa shape index (κ3) is 3.08. The quantitative estimate of drug-likeness (QED) is 0.906. The summed E-state index contributed by atoms with van der Waals surface area (Å²) >= 11 is 0. The average Bonchev–Trinajstić information content (AvgIpc) is 2.49. The number of carbonyl (C=O) groups is 2. The molecule has 1 saturated heterocycles. The van der Waals surface area contributed by atoms with Crippen LogP contribution < -0.4 is 0 Å². The minimum absolute atomic E-state index is 0.216. The van der Waals surface area contributed by atoms with Gasteiger partial charge in [0, 0.05) is 23.7 Å². The lowest BCUT2D eigenvalue weighted by molar-refractivity contribution is -0.151. The fraction of sp³-hybridized carbons (Fsp3) is 0.474. The maximum absolute atomic E-state index is 13.1. The van der Waals surface area contributed by atoms with Crippen molar-refractivity contribution >= 4 is 11.8 Å². The number of hydrogen-bond donors (Lipinski definition) is 1. The van der Waals surface area contributed by atoms with E-state index in [-0.39, 0.29) is 17.2 Å². The molecule has 5 heteroatoms. The van der Waals surface area contributed by atoms with Gasteiger partial charge in [-0.2, -0.15) is 0 Å². The van der Waals surface area contributed by atoms with Crippen LogP contribution in [0, 0.1) is 11.3 Å². The molecular formula is C19H26N2O3. The highest BCUT2D eigenvalue weighted by Gasteiger charge is 2.49. The van der Waals surface area contributed by atoms with Crippen LogP contribution in [0.5, 0.6) is 0 Å². The molecule has 0 unspecified atom stereocenters. The zero-order chi connectivity index (χ0) is 18.2. The molecule has 1 aliphatic heterocycles. The lowest BCUT2D eigenvalue weighted by Gasteiger charge is -2.52. The van der Waals surface area contributed by atoms with E-state index in [9.17, 15) is 14.7 Å². The van der Waals surface area contributed by atoms with Gasteiger partial charge in [0.2, 0.25) is 5.91 Å². The van der Waals surface area contributed by atoms with Gasteiger partial charge in [0.15, 0.2) is 0 Å². The highest BCUT2D eigenvalue weighted by molar-refractivity contribution is 5.98. The van der Waals surface area contributed by atoms with Gasteiger partial charge in [-0.1, -0.05) is 45.5 Å². The molecule has 24 heavy (non-hydrogen) atoms. The fourth-order valence-electron chi connectivity index (χ4n) is 3.38. The first-order valence-corrected chi connectivity index (χ1v) is 8.09. The molecule has 0 aromatic heterocycles. The van der Waals surface area contributed by atoms with E-state index in [1.165, 1.54) is 0 Å². The van der Waals surface area contributed by atoms with Gasteiger partial charge in [0.05, 0.1) is 6.10 Å². The summed E-state index contributed by atoms with van der Waals surface area (Å²) in [5.41, 5.74) is 0.503. The number of carbonyl (C=O) groups excluding carboxylic acids is 2. The Bertz CT molecular complexity index is 646. The molecule has 0 radical (unpaired) electrons. The molecule has 0 saturated carbocycles. The molecule has 1 fully saturated rings. The van der Waals surface area contributed by atoms with E-state index >= 15 is 0 Å². The fourth-order valence-corrected chi connectivity index (χ4v) is 3.38. The van der Waals surface area contributed by atoms with Crippen molar-refractivity contribution in [1.29, 1.82) is 0 Å². The van der Waals surface area contributed by atoms with Crippen molar-refractivity contribution in [3.8, 4) is 0 Å². The molecule has 1 aliphatic rings. The Labute approximate surface area is 143 Å². The van der Waals surface area contributed by atoms with Gasteiger partial charge in [0.25, 0.3) is 5.91 Å². The maximum Gasteiger partial charge on any atom is 0.259 e. The van der Waals surface area contributed by atoms with Crippen LogP contribution >= 0.6 is 0 Å². The number of amides is 2. The average molecular weight is 330 g/mol. The molecule has 2 rings (SSSR count). The lowest BCUT2D eigenvalue weighted by atomic mass is 9.84. The third-order valence-electron chi connectivity index (χ3n) is 4.39. The summed E-state index contributed by atoms with van der Waals surface area (Å²) in [6.07, 6.45) is -1.39. The normalized spacial score (nSPS) is 23.4. The number of aliphatic hydroxyl groups is 1. The summed E-state index contributed by atoms with van der Waals surface area (Å²) in [5, 5.41) is 10.0. The molecule has 1 aromatic carbocycles. The van der Waals surface area contributed by atoms with E-state index < -0.39 is 18.2 Å². The summed E-state index contributed by atoms with van der Waals surface area (Å²) in [6, 6.07) is 8.92. The Kier molecular flexibility index (Phi) is 4.85. The van der Waals surface area contributed by atoms with E-state index in [4.69, 9.17) is 0 Å². The van der Waals surface area contributed by atoms with Gasteiger partial charge in [-0.15, -0.1) is 0 Å². The van der Waals surface area contributed by atoms with E-state index in [0.717, 1.165) is 0 Å². The Morgan fingerprint density at radius 1 is 1.25 bits per heavy atom. The molecule has 1 heterocycles. The van der Waals surface area contributed by atoms with Crippen LogP contribution in [0.15, 0.2) is 42.6 Å². The second-order valence-electron chi connectivity index (χ2n) is 7.44. The summed E-state index contributed by atoms with van der Waals surface area (Å²) in [4.78, 5) is 29.0. The van der Waals surface area contributed by atoms with Crippen LogP contribution in [0.3, 0.4) is 0 Å². The van der Waals surface area contributed by atoms with Crippen molar-refractivity contribution in [2.24, 2.45) is 11.3 Å². The largest absolute Gasteiger partial charge is 0.392 e. The number of hydrogen-bond acceptors (Lipinski definition) is 3. The number of benzene rings is 1. The van der Waals surface area contributed by atoms with E-state index in [1.807, 2.05) is 26.8 Å². The standard InChI is InChI=1S/C19H26N2O3/c1-12-15(13(2)22)17(24)20(6)18(19(3,4)5)21(12)16(23)14-10-8-7-9-11-14/h7-11,13,15,18,22H,1H2,2-6H3/t13-,15+,18+/m1/s1. The Hall–Kier alpha value is -2.14. The van der Waals surface area contributed by atoms with Crippen LogP contribution in [-0.4, -0.2) is 46.0 Å². The maximum atomic E-state index is 13.1. The van der Waals surface area contributed by atoms with Gasteiger partial charge < -0.3 is 10.0 Å². The van der Waals surface area contributed by atoms with Crippen LogP contribution in [0.1, 0.15) is 38.1 Å². The van der Waals surface area contributed by atoms with Gasteiger partial charge in [0.1, 0.15) is 12.1 Å². The van der Waals surface area contributed by atoms with Gasteiger partial charge >= 0.3 is 0 Å². The Morgan fingerprint density at radius 3 is 2.25 bits per heavy atom. The van der Waals surface area contributed by atoms with Gasteiger partial charge in [-0.05, 0) is 19.1 Å². The second kappa shape index (κ2) is 6.40. The number of aliphatic hydroxyl groups excluding tert-OH is 1. The van der Waals surface area contributed by atoms with Crippen LogP contribution in [0.2, 0.25) is 0 Å². The molecule has 130 valence electrons. The summed E-state index contributed by atoms with van der Waals surface area (Å²) in [7, 11) is 1.67. The smallest absolute Gasteiger partial charge is 0.259 e. The number of rotatable bonds is 2. The monoisotopic (exact) mass is 330 g/mol. The predicted molar refractivity (Wildman–Crippen MR) is 92.9 cm³/mol. The molecule has 1 N–H and O–H groups in total. The van der Waals surface area contributed by atoms with Crippen molar-refractivity contribution in [3.05, 3.63) is 48.2 Å². The van der Waals surface area contributed by atoms with Gasteiger partial charge in [-0.25, -0.2) is 0 Å². The minimum atomic E-state index is -0.917. The topological polar surface area (TPSA) is 60.9 Å². The zero-order valence-corrected chi connectivity index (χ0v) is 15.0. The summed E-state index contributed by atoms with van der Waals surface area (Å²) < 4.78 is 0. The van der Waals surface area contributed by atoms with E-state index in [0.29, 0.717) is 11.3 Å². The molecule has 0 bridgehead atoms. The predicted octanol–water partition coefficient (Wildman–Crippen LogP) is 2.48. The Balaban J connectivity index is 2.55. The zero-order valence-electron chi connectivity index (χ0n) is 15.0. The summed E-state index contributed by atoms with van der Waals surface area (Å²) in [5.74, 6) is -1.25. The van der Waals surface area contributed by atoms with E-state index in [1.54, 1.807) is 48.0 Å².